The Morgan fingerprint density at radius 1 is 0.930 bits per heavy atom. The first-order valence-electron chi connectivity index (χ1n) is 13.7. The minimum Gasteiger partial charge on any atom is -0.508 e. The molecule has 1 fully saturated rings. The van der Waals surface area contributed by atoms with Gasteiger partial charge in [0.15, 0.2) is 0 Å². The SMILES string of the molecule is CC(=O)Oc1ccc(O)cc1.CN1CCCC1CCOC(C)(c1ccccc1)c1ccc(Cl)cc1.O=C(O)C=CC(=O)O. The quantitative estimate of drug-likeness (QED) is 0.148. The number of carbonyl (C=O) groups is 3. The minimum absolute atomic E-state index is 0.154. The van der Waals surface area contributed by atoms with Crippen molar-refractivity contribution in [3.05, 3.63) is 107 Å². The second kappa shape index (κ2) is 17.7. The van der Waals surface area contributed by atoms with Crippen molar-refractivity contribution in [1.82, 2.24) is 4.90 Å². The Morgan fingerprint density at radius 3 is 1.98 bits per heavy atom. The summed E-state index contributed by atoms with van der Waals surface area (Å²) in [7, 11) is 2.22. The average Bonchev–Trinajstić information content (AvgIpc) is 3.38. The summed E-state index contributed by atoms with van der Waals surface area (Å²) in [4.78, 5) is 32.0. The minimum atomic E-state index is -1.26. The van der Waals surface area contributed by atoms with E-state index in [2.05, 4.69) is 55.3 Å². The Labute approximate surface area is 256 Å². The topological polar surface area (TPSA) is 134 Å². The average molecular weight is 612 g/mol. The van der Waals surface area contributed by atoms with E-state index in [1.807, 2.05) is 18.2 Å². The number of likely N-dealkylation sites (tertiary alicyclic amines) is 1. The van der Waals surface area contributed by atoms with Crippen LogP contribution in [0.3, 0.4) is 0 Å². The van der Waals surface area contributed by atoms with E-state index in [-0.39, 0.29) is 11.7 Å². The molecule has 4 rings (SSSR count). The Hall–Kier alpha value is -4.18. The number of halogens is 1. The number of carbonyl (C=O) groups excluding carboxylic acids is 1. The van der Waals surface area contributed by atoms with Crippen LogP contribution in [0.1, 0.15) is 44.2 Å². The molecule has 43 heavy (non-hydrogen) atoms. The molecule has 1 heterocycles. The first kappa shape index (κ1) is 35.0. The third-order valence-corrected chi connectivity index (χ3v) is 6.95. The number of phenolic OH excluding ortho intramolecular Hbond substituents is 1. The van der Waals surface area contributed by atoms with Crippen molar-refractivity contribution in [3.63, 3.8) is 0 Å². The third kappa shape index (κ3) is 12.7. The van der Waals surface area contributed by atoms with Crippen molar-refractivity contribution in [2.24, 2.45) is 0 Å². The van der Waals surface area contributed by atoms with Crippen LogP contribution in [0, 0.1) is 0 Å². The van der Waals surface area contributed by atoms with Gasteiger partial charge in [-0.05, 0) is 87.3 Å². The van der Waals surface area contributed by atoms with E-state index in [1.54, 1.807) is 0 Å². The number of carboxylic acid groups (broad SMARTS) is 2. The van der Waals surface area contributed by atoms with E-state index in [4.69, 9.17) is 36.4 Å². The van der Waals surface area contributed by atoms with Crippen LogP contribution >= 0.6 is 11.6 Å². The zero-order valence-corrected chi connectivity index (χ0v) is 25.2. The molecule has 0 saturated carbocycles. The van der Waals surface area contributed by atoms with Gasteiger partial charge in [-0.2, -0.15) is 0 Å². The van der Waals surface area contributed by atoms with Crippen molar-refractivity contribution >= 4 is 29.5 Å². The summed E-state index contributed by atoms with van der Waals surface area (Å²) < 4.78 is 11.2. The molecule has 0 radical (unpaired) electrons. The van der Waals surface area contributed by atoms with Gasteiger partial charge in [0.05, 0.1) is 0 Å². The molecule has 9 nitrogen and oxygen atoms in total. The fourth-order valence-corrected chi connectivity index (χ4v) is 4.55. The van der Waals surface area contributed by atoms with E-state index in [0.29, 0.717) is 23.9 Å². The second-order valence-electron chi connectivity index (χ2n) is 9.92. The summed E-state index contributed by atoms with van der Waals surface area (Å²) in [6.45, 7) is 5.44. The molecule has 230 valence electrons. The molecule has 3 N–H and O–H groups in total. The first-order valence-corrected chi connectivity index (χ1v) is 14.1. The van der Waals surface area contributed by atoms with Crippen LogP contribution in [0.4, 0.5) is 0 Å². The molecule has 3 aromatic carbocycles. The molecule has 0 amide bonds. The molecule has 10 heteroatoms. The maximum Gasteiger partial charge on any atom is 0.328 e. The zero-order chi connectivity index (χ0) is 31.8. The summed E-state index contributed by atoms with van der Waals surface area (Å²) in [5.41, 5.74) is 1.85. The lowest BCUT2D eigenvalue weighted by Gasteiger charge is -2.32. The largest absolute Gasteiger partial charge is 0.508 e. The molecule has 0 aliphatic carbocycles. The molecule has 3 aromatic rings. The van der Waals surface area contributed by atoms with E-state index < -0.39 is 17.5 Å². The number of carboxylic acids is 2. The van der Waals surface area contributed by atoms with E-state index >= 15 is 0 Å². The zero-order valence-electron chi connectivity index (χ0n) is 24.5. The van der Waals surface area contributed by atoms with E-state index in [1.165, 1.54) is 56.1 Å². The van der Waals surface area contributed by atoms with Gasteiger partial charge in [0.25, 0.3) is 0 Å². The number of esters is 1. The summed E-state index contributed by atoms with van der Waals surface area (Å²) in [6, 6.07) is 25.1. The third-order valence-electron chi connectivity index (χ3n) is 6.70. The number of aromatic hydroxyl groups is 1. The predicted octanol–water partition coefficient (Wildman–Crippen LogP) is 6.13. The monoisotopic (exact) mass is 611 g/mol. The summed E-state index contributed by atoms with van der Waals surface area (Å²) >= 11 is 6.07. The van der Waals surface area contributed by atoms with Crippen molar-refractivity contribution in [3.8, 4) is 11.5 Å². The van der Waals surface area contributed by atoms with E-state index in [9.17, 15) is 14.4 Å². The fourth-order valence-electron chi connectivity index (χ4n) is 4.42. The predicted molar refractivity (Wildman–Crippen MR) is 164 cm³/mol. The number of phenols is 1. The van der Waals surface area contributed by atoms with Crippen LogP contribution in [0.5, 0.6) is 11.5 Å². The fraction of sp³-hybridized carbons (Fsp3) is 0.303. The molecule has 1 aliphatic heterocycles. The van der Waals surface area contributed by atoms with Gasteiger partial charge in [-0.25, -0.2) is 9.59 Å². The number of benzene rings is 3. The van der Waals surface area contributed by atoms with E-state index in [0.717, 1.165) is 23.6 Å². The maximum atomic E-state index is 10.4. The summed E-state index contributed by atoms with van der Waals surface area (Å²) in [5.74, 6) is -2.29. The van der Waals surface area contributed by atoms with Crippen LogP contribution < -0.4 is 4.74 Å². The van der Waals surface area contributed by atoms with Crippen LogP contribution in [0.25, 0.3) is 0 Å². The number of hydrogen-bond donors (Lipinski definition) is 3. The highest BCUT2D eigenvalue weighted by molar-refractivity contribution is 6.30. The van der Waals surface area contributed by atoms with Gasteiger partial charge < -0.3 is 29.7 Å². The molecule has 2 unspecified atom stereocenters. The lowest BCUT2D eigenvalue weighted by atomic mass is 9.88. The lowest BCUT2D eigenvalue weighted by molar-refractivity contribution is -0.134. The standard InChI is InChI=1S/C21H26ClNO.C8H8O3.C4H4O4/c1-21(17-7-4-3-5-8-17,18-10-12-19(22)13-11-18)24-16-14-20-9-6-15-23(20)2;1-6(9)11-8-4-2-7(10)3-5-8;5-3(6)1-2-4(7)8/h3-5,7-8,10-13,20H,6,9,14-16H2,1-2H3;2-5,10H,1H3;1-2H,(H,5,6)(H,7,8). The molecule has 0 aromatic heterocycles. The van der Waals surface area contributed by atoms with Gasteiger partial charge in [0, 0.05) is 36.7 Å². The molecule has 2 atom stereocenters. The Kier molecular flexibility index (Phi) is 14.4. The Balaban J connectivity index is 0.000000280. The van der Waals surface area contributed by atoms with Crippen LogP contribution in [0.2, 0.25) is 5.02 Å². The van der Waals surface area contributed by atoms with Gasteiger partial charge in [-0.15, -0.1) is 0 Å². The first-order chi connectivity index (χ1) is 20.4. The molecule has 0 bridgehead atoms. The van der Waals surface area contributed by atoms with Gasteiger partial charge >= 0.3 is 17.9 Å². The molecule has 0 spiro atoms. The van der Waals surface area contributed by atoms with Crippen molar-refractivity contribution < 1.29 is 39.2 Å². The van der Waals surface area contributed by atoms with Crippen LogP contribution in [-0.4, -0.2) is 64.4 Å². The summed E-state index contributed by atoms with van der Waals surface area (Å²) in [6.07, 6.45) is 4.77. The van der Waals surface area contributed by atoms with Crippen LogP contribution in [0.15, 0.2) is 91.0 Å². The van der Waals surface area contributed by atoms with Gasteiger partial charge in [-0.3, -0.25) is 4.79 Å². The number of rotatable bonds is 9. The second-order valence-corrected chi connectivity index (χ2v) is 10.4. The number of hydrogen-bond acceptors (Lipinski definition) is 7. The van der Waals surface area contributed by atoms with Crippen molar-refractivity contribution in [2.45, 2.75) is 44.8 Å². The highest BCUT2D eigenvalue weighted by Gasteiger charge is 2.30. The number of ether oxygens (including phenoxy) is 2. The highest BCUT2D eigenvalue weighted by Crippen LogP contribution is 2.34. The van der Waals surface area contributed by atoms with Crippen LogP contribution in [-0.2, 0) is 24.7 Å². The van der Waals surface area contributed by atoms with Gasteiger partial charge in [-0.1, -0.05) is 54.1 Å². The maximum absolute atomic E-state index is 10.4. The number of aliphatic carboxylic acids is 2. The molecule has 1 saturated heterocycles. The molecular formula is C33H38ClNO8. The van der Waals surface area contributed by atoms with Gasteiger partial charge in [0.2, 0.25) is 0 Å². The Morgan fingerprint density at radius 2 is 1.49 bits per heavy atom. The number of nitrogens with zero attached hydrogens (tertiary/aromatic N) is 1. The molecular weight excluding hydrogens is 574 g/mol. The van der Waals surface area contributed by atoms with Crippen molar-refractivity contribution in [1.29, 1.82) is 0 Å². The molecule has 1 aliphatic rings. The Bertz CT molecular complexity index is 1310. The smallest absolute Gasteiger partial charge is 0.328 e. The normalized spacial score (nSPS) is 15.8. The summed E-state index contributed by atoms with van der Waals surface area (Å²) in [5, 5.41) is 25.2. The van der Waals surface area contributed by atoms with Crippen molar-refractivity contribution in [2.75, 3.05) is 20.2 Å². The lowest BCUT2D eigenvalue weighted by Crippen LogP contribution is -2.31. The highest BCUT2D eigenvalue weighted by atomic mass is 35.5. The van der Waals surface area contributed by atoms with Gasteiger partial charge in [0.1, 0.15) is 17.1 Å².